The second-order valence-corrected chi connectivity index (χ2v) is 6.92. The van der Waals surface area contributed by atoms with E-state index in [1.54, 1.807) is 13.3 Å². The molecule has 2 aromatic rings. The summed E-state index contributed by atoms with van der Waals surface area (Å²) >= 11 is 3.43. The van der Waals surface area contributed by atoms with Crippen LogP contribution in [0.2, 0.25) is 0 Å². The summed E-state index contributed by atoms with van der Waals surface area (Å²) < 4.78 is 33.2. The Bertz CT molecular complexity index is 778. The summed E-state index contributed by atoms with van der Waals surface area (Å²) in [6, 6.07) is 5.14. The van der Waals surface area contributed by atoms with Crippen molar-refractivity contribution in [3.63, 3.8) is 0 Å². The largest absolute Gasteiger partial charge is 0.469 e. The molecule has 7 heteroatoms. The molecule has 0 fully saturated rings. The Hall–Kier alpha value is -2.02. The van der Waals surface area contributed by atoms with E-state index in [1.165, 1.54) is 12.1 Å². The smallest absolute Gasteiger partial charge is 0.228 e. The molecule has 2 rings (SSSR count). The Morgan fingerprint density at radius 3 is 2.54 bits per heavy atom. The minimum Gasteiger partial charge on any atom is -0.469 e. The van der Waals surface area contributed by atoms with Gasteiger partial charge in [0.25, 0.3) is 0 Å². The van der Waals surface area contributed by atoms with Crippen LogP contribution in [0.25, 0.3) is 0 Å². The third-order valence-electron chi connectivity index (χ3n) is 3.72. The molecule has 4 nitrogen and oxygen atoms in total. The van der Waals surface area contributed by atoms with E-state index in [2.05, 4.69) is 32.8 Å². The van der Waals surface area contributed by atoms with Crippen LogP contribution in [-0.2, 0) is 0 Å². The van der Waals surface area contributed by atoms with Crippen LogP contribution in [0.1, 0.15) is 37.6 Å². The van der Waals surface area contributed by atoms with E-state index in [-0.39, 0.29) is 0 Å². The standard InChI is InChI=1S/C19H22BrF2N3O/c1-5-6-25(4)11-23-18-10-17(20)19(24-12(18)2)26-13(3)14-7-15(21)9-16(22)8-14/h7-11,13H,5-6H2,1-4H3/b23-11+. The van der Waals surface area contributed by atoms with Crippen LogP contribution in [0, 0.1) is 18.6 Å². The highest BCUT2D eigenvalue weighted by Crippen LogP contribution is 2.32. The summed E-state index contributed by atoms with van der Waals surface area (Å²) in [6.45, 7) is 6.56. The van der Waals surface area contributed by atoms with E-state index in [0.29, 0.717) is 21.6 Å². The number of nitrogens with zero attached hydrogens (tertiary/aromatic N) is 3. The predicted octanol–water partition coefficient (Wildman–Crippen LogP) is 5.57. The van der Waals surface area contributed by atoms with Gasteiger partial charge in [-0.2, -0.15) is 0 Å². The summed E-state index contributed by atoms with van der Waals surface area (Å²) in [5.41, 5.74) is 1.82. The average Bonchev–Trinajstić information content (AvgIpc) is 2.56. The molecule has 0 bridgehead atoms. The number of halogens is 3. The van der Waals surface area contributed by atoms with Crippen LogP contribution in [0.5, 0.6) is 5.88 Å². The minimum atomic E-state index is -0.639. The molecule has 0 radical (unpaired) electrons. The van der Waals surface area contributed by atoms with Gasteiger partial charge >= 0.3 is 0 Å². The van der Waals surface area contributed by atoms with Crippen LogP contribution >= 0.6 is 15.9 Å². The van der Waals surface area contributed by atoms with Gasteiger partial charge in [0.05, 0.1) is 22.2 Å². The molecule has 1 atom stereocenters. The van der Waals surface area contributed by atoms with E-state index in [9.17, 15) is 8.78 Å². The Labute approximate surface area is 161 Å². The first kappa shape index (κ1) is 20.3. The molecule has 1 unspecified atom stereocenters. The van der Waals surface area contributed by atoms with Gasteiger partial charge in [0.15, 0.2) is 0 Å². The highest BCUT2D eigenvalue weighted by atomic mass is 79.9. The molecule has 0 amide bonds. The van der Waals surface area contributed by atoms with E-state index in [1.807, 2.05) is 24.9 Å². The van der Waals surface area contributed by atoms with Crippen molar-refractivity contribution in [2.75, 3.05) is 13.6 Å². The lowest BCUT2D eigenvalue weighted by Crippen LogP contribution is -2.16. The zero-order chi connectivity index (χ0) is 19.3. The minimum absolute atomic E-state index is 0.348. The summed E-state index contributed by atoms with van der Waals surface area (Å²) in [4.78, 5) is 10.9. The number of aryl methyl sites for hydroxylation is 1. The van der Waals surface area contributed by atoms with Gasteiger partial charge in [-0.3, -0.25) is 0 Å². The van der Waals surface area contributed by atoms with Crippen LogP contribution in [-0.4, -0.2) is 29.8 Å². The van der Waals surface area contributed by atoms with E-state index >= 15 is 0 Å². The number of hydrogen-bond donors (Lipinski definition) is 0. The molecule has 1 heterocycles. The molecular weight excluding hydrogens is 404 g/mol. The molecule has 1 aromatic heterocycles. The zero-order valence-corrected chi connectivity index (χ0v) is 16.8. The molecule has 0 aliphatic rings. The van der Waals surface area contributed by atoms with Crippen molar-refractivity contribution in [2.24, 2.45) is 4.99 Å². The maximum absolute atomic E-state index is 13.4. The Balaban J connectivity index is 2.19. The summed E-state index contributed by atoms with van der Waals surface area (Å²) in [7, 11) is 1.96. The fourth-order valence-corrected chi connectivity index (χ4v) is 2.78. The Morgan fingerprint density at radius 1 is 1.27 bits per heavy atom. The maximum Gasteiger partial charge on any atom is 0.228 e. The average molecular weight is 426 g/mol. The highest BCUT2D eigenvalue weighted by molar-refractivity contribution is 9.10. The molecule has 0 spiro atoms. The summed E-state index contributed by atoms with van der Waals surface area (Å²) in [5.74, 6) is -0.931. The lowest BCUT2D eigenvalue weighted by atomic mass is 10.1. The molecule has 1 aromatic carbocycles. The monoisotopic (exact) mass is 425 g/mol. The van der Waals surface area contributed by atoms with Crippen molar-refractivity contribution in [3.8, 4) is 5.88 Å². The van der Waals surface area contributed by atoms with Gasteiger partial charge in [0.1, 0.15) is 17.7 Å². The second-order valence-electron chi connectivity index (χ2n) is 6.07. The third-order valence-corrected chi connectivity index (χ3v) is 4.29. The quantitative estimate of drug-likeness (QED) is 0.429. The molecular formula is C19H22BrF2N3O. The van der Waals surface area contributed by atoms with E-state index < -0.39 is 17.7 Å². The van der Waals surface area contributed by atoms with Crippen molar-refractivity contribution in [1.29, 1.82) is 0 Å². The number of ether oxygens (including phenoxy) is 1. The zero-order valence-electron chi connectivity index (χ0n) is 15.3. The first-order valence-corrected chi connectivity index (χ1v) is 9.13. The van der Waals surface area contributed by atoms with Gasteiger partial charge < -0.3 is 9.64 Å². The van der Waals surface area contributed by atoms with E-state index in [4.69, 9.17) is 4.74 Å². The Morgan fingerprint density at radius 2 is 1.92 bits per heavy atom. The normalized spacial score (nSPS) is 12.4. The maximum atomic E-state index is 13.4. The fourth-order valence-electron chi connectivity index (χ4n) is 2.38. The third kappa shape index (κ3) is 5.49. The summed E-state index contributed by atoms with van der Waals surface area (Å²) in [5, 5.41) is 0. The molecule has 26 heavy (non-hydrogen) atoms. The van der Waals surface area contributed by atoms with Crippen molar-refractivity contribution in [1.82, 2.24) is 9.88 Å². The number of pyridine rings is 1. The van der Waals surface area contributed by atoms with Crippen LogP contribution in [0.15, 0.2) is 33.7 Å². The fraction of sp³-hybridized carbons (Fsp3) is 0.368. The van der Waals surface area contributed by atoms with Gasteiger partial charge in [-0.1, -0.05) is 6.92 Å². The molecule has 0 saturated carbocycles. The van der Waals surface area contributed by atoms with Crippen molar-refractivity contribution >= 4 is 28.0 Å². The van der Waals surface area contributed by atoms with Gasteiger partial charge in [-0.15, -0.1) is 0 Å². The van der Waals surface area contributed by atoms with Gasteiger partial charge in [0.2, 0.25) is 5.88 Å². The van der Waals surface area contributed by atoms with E-state index in [0.717, 1.165) is 24.7 Å². The molecule has 0 aliphatic carbocycles. The van der Waals surface area contributed by atoms with Crippen LogP contribution < -0.4 is 4.74 Å². The van der Waals surface area contributed by atoms with Gasteiger partial charge in [-0.05, 0) is 60.0 Å². The topological polar surface area (TPSA) is 37.7 Å². The SMILES string of the molecule is CCCN(C)/C=N/c1cc(Br)c(OC(C)c2cc(F)cc(F)c2)nc1C. The lowest BCUT2D eigenvalue weighted by molar-refractivity contribution is 0.214. The van der Waals surface area contributed by atoms with Crippen molar-refractivity contribution in [2.45, 2.75) is 33.3 Å². The first-order chi connectivity index (χ1) is 12.3. The van der Waals surface area contributed by atoms with Gasteiger partial charge in [-0.25, -0.2) is 18.8 Å². The van der Waals surface area contributed by atoms with Crippen molar-refractivity contribution in [3.05, 3.63) is 51.6 Å². The number of rotatable bonds is 7. The van der Waals surface area contributed by atoms with Crippen LogP contribution in [0.4, 0.5) is 14.5 Å². The molecule has 0 aliphatic heterocycles. The molecule has 140 valence electrons. The summed E-state index contributed by atoms with van der Waals surface area (Å²) in [6.07, 6.45) is 2.24. The number of benzene rings is 1. The second kappa shape index (κ2) is 9.07. The highest BCUT2D eigenvalue weighted by Gasteiger charge is 2.15. The molecule has 0 saturated heterocycles. The van der Waals surface area contributed by atoms with Crippen molar-refractivity contribution < 1.29 is 13.5 Å². The number of hydrogen-bond acceptors (Lipinski definition) is 3. The predicted molar refractivity (Wildman–Crippen MR) is 103 cm³/mol. The van der Waals surface area contributed by atoms with Gasteiger partial charge in [0, 0.05) is 19.7 Å². The number of aromatic nitrogens is 1. The molecule has 0 N–H and O–H groups in total. The first-order valence-electron chi connectivity index (χ1n) is 8.34. The number of aliphatic imine (C=N–C) groups is 1. The lowest BCUT2D eigenvalue weighted by Gasteiger charge is -2.17. The van der Waals surface area contributed by atoms with Crippen LogP contribution in [0.3, 0.4) is 0 Å². The Kier molecular flexibility index (Phi) is 7.08.